The van der Waals surface area contributed by atoms with Crippen LogP contribution in [-0.2, 0) is 6.42 Å². The van der Waals surface area contributed by atoms with Crippen LogP contribution in [0.2, 0.25) is 0 Å². The van der Waals surface area contributed by atoms with Gasteiger partial charge in [0.25, 0.3) is 5.56 Å². The Morgan fingerprint density at radius 1 is 1.00 bits per heavy atom. The molecule has 0 saturated heterocycles. The first-order chi connectivity index (χ1) is 10.8. The van der Waals surface area contributed by atoms with Crippen molar-refractivity contribution in [2.24, 2.45) is 0 Å². The number of fused-ring (bicyclic) bond motifs is 3. The lowest BCUT2D eigenvalue weighted by Crippen LogP contribution is -2.04. The second-order valence-electron chi connectivity index (χ2n) is 5.32. The maximum Gasteiger partial charge on any atom is 0.266 e. The summed E-state index contributed by atoms with van der Waals surface area (Å²) >= 11 is 1.62. The molecule has 0 aliphatic carbocycles. The van der Waals surface area contributed by atoms with E-state index in [0.717, 1.165) is 27.4 Å². The molecule has 2 heterocycles. The molecule has 108 valence electrons. The number of aromatic amines is 1. The zero-order valence-corrected chi connectivity index (χ0v) is 13.0. The molecule has 2 aromatic heterocycles. The topological polar surface area (TPSA) is 32.9 Å². The minimum atomic E-state index is 0.00980. The van der Waals surface area contributed by atoms with Crippen LogP contribution in [0.3, 0.4) is 0 Å². The zero-order valence-electron chi connectivity index (χ0n) is 12.2. The van der Waals surface area contributed by atoms with E-state index in [1.807, 2.05) is 36.4 Å². The molecule has 4 rings (SSSR count). The van der Waals surface area contributed by atoms with Gasteiger partial charge >= 0.3 is 0 Å². The van der Waals surface area contributed by atoms with Gasteiger partial charge in [-0.1, -0.05) is 55.5 Å². The van der Waals surface area contributed by atoms with Crippen molar-refractivity contribution < 1.29 is 0 Å². The monoisotopic (exact) mass is 305 g/mol. The molecule has 0 radical (unpaired) electrons. The second-order valence-corrected chi connectivity index (χ2v) is 6.43. The molecule has 4 aromatic rings. The van der Waals surface area contributed by atoms with E-state index >= 15 is 0 Å². The van der Waals surface area contributed by atoms with Crippen molar-refractivity contribution >= 4 is 32.3 Å². The van der Waals surface area contributed by atoms with E-state index < -0.39 is 0 Å². The van der Waals surface area contributed by atoms with Crippen molar-refractivity contribution in [1.29, 1.82) is 0 Å². The number of pyridine rings is 1. The summed E-state index contributed by atoms with van der Waals surface area (Å²) in [4.78, 5) is 16.7. The maximum absolute atomic E-state index is 12.5. The highest BCUT2D eigenvalue weighted by molar-refractivity contribution is 7.19. The van der Waals surface area contributed by atoms with E-state index in [4.69, 9.17) is 0 Å². The molecule has 2 nitrogen and oxygen atoms in total. The lowest BCUT2D eigenvalue weighted by Gasteiger charge is -2.06. The Hall–Kier alpha value is -2.39. The smallest absolute Gasteiger partial charge is 0.266 e. The molecule has 0 aliphatic rings. The number of hydrogen-bond donors (Lipinski definition) is 1. The molecule has 3 heteroatoms. The molecule has 0 unspecified atom stereocenters. The molecule has 0 amide bonds. The summed E-state index contributed by atoms with van der Waals surface area (Å²) in [6.07, 6.45) is 0.928. The van der Waals surface area contributed by atoms with Crippen molar-refractivity contribution in [3.8, 4) is 11.1 Å². The molecule has 0 atom stereocenters. The normalized spacial score (nSPS) is 11.3. The van der Waals surface area contributed by atoms with Gasteiger partial charge in [0.2, 0.25) is 0 Å². The predicted molar refractivity (Wildman–Crippen MR) is 94.8 cm³/mol. The van der Waals surface area contributed by atoms with Gasteiger partial charge in [0, 0.05) is 26.7 Å². The number of aromatic nitrogens is 1. The molecule has 2 aromatic carbocycles. The first-order valence-corrected chi connectivity index (χ1v) is 8.23. The maximum atomic E-state index is 12.5. The Morgan fingerprint density at radius 3 is 2.50 bits per heavy atom. The summed E-state index contributed by atoms with van der Waals surface area (Å²) in [7, 11) is 0. The Kier molecular flexibility index (Phi) is 3.09. The highest BCUT2D eigenvalue weighted by Gasteiger charge is 2.17. The lowest BCUT2D eigenvalue weighted by molar-refractivity contribution is 1.19. The summed E-state index contributed by atoms with van der Waals surface area (Å²) in [5, 5.41) is 2.21. The Labute approximate surface area is 132 Å². The third-order valence-electron chi connectivity index (χ3n) is 4.02. The Bertz CT molecular complexity index is 1030. The fourth-order valence-electron chi connectivity index (χ4n) is 3.04. The third kappa shape index (κ3) is 1.90. The molecule has 0 bridgehead atoms. The minimum absolute atomic E-state index is 0.00980. The number of nitrogens with one attached hydrogen (secondary N) is 1. The van der Waals surface area contributed by atoms with Crippen LogP contribution < -0.4 is 5.56 Å². The van der Waals surface area contributed by atoms with Gasteiger partial charge in [-0.2, -0.15) is 0 Å². The van der Waals surface area contributed by atoms with Crippen LogP contribution in [-0.4, -0.2) is 4.98 Å². The van der Waals surface area contributed by atoms with Crippen LogP contribution in [0.5, 0.6) is 0 Å². The van der Waals surface area contributed by atoms with E-state index in [-0.39, 0.29) is 5.56 Å². The third-order valence-corrected chi connectivity index (χ3v) is 5.35. The highest BCUT2D eigenvalue weighted by Crippen LogP contribution is 2.40. The van der Waals surface area contributed by atoms with Gasteiger partial charge in [0.05, 0.1) is 0 Å². The van der Waals surface area contributed by atoms with Crippen molar-refractivity contribution in [2.75, 3.05) is 0 Å². The van der Waals surface area contributed by atoms with Crippen LogP contribution in [0.15, 0.2) is 59.4 Å². The molecule has 0 saturated carbocycles. The van der Waals surface area contributed by atoms with E-state index in [1.54, 1.807) is 11.3 Å². The van der Waals surface area contributed by atoms with Gasteiger partial charge in [0.1, 0.15) is 4.70 Å². The first kappa shape index (κ1) is 13.3. The van der Waals surface area contributed by atoms with E-state index in [2.05, 4.69) is 30.1 Å². The summed E-state index contributed by atoms with van der Waals surface area (Å²) < 4.78 is 0.828. The largest absolute Gasteiger partial charge is 0.321 e. The van der Waals surface area contributed by atoms with Crippen LogP contribution >= 0.6 is 11.3 Å². The van der Waals surface area contributed by atoms with Crippen molar-refractivity contribution in [2.45, 2.75) is 13.3 Å². The van der Waals surface area contributed by atoms with Gasteiger partial charge in [-0.15, -0.1) is 11.3 Å². The minimum Gasteiger partial charge on any atom is -0.321 e. The summed E-state index contributed by atoms with van der Waals surface area (Å²) in [6.45, 7) is 2.15. The molecule has 0 aliphatic heterocycles. The Morgan fingerprint density at radius 2 is 1.73 bits per heavy atom. The SMILES string of the molecule is CCc1sc2c(=O)[nH]c3ccccc3c2c1-c1ccccc1. The Balaban J connectivity index is 2.26. The van der Waals surface area contributed by atoms with Gasteiger partial charge < -0.3 is 4.98 Å². The fourth-order valence-corrected chi connectivity index (χ4v) is 4.21. The number of rotatable bonds is 2. The number of aryl methyl sites for hydroxylation is 1. The second kappa shape index (κ2) is 5.11. The summed E-state index contributed by atoms with van der Waals surface area (Å²) in [5.41, 5.74) is 3.31. The van der Waals surface area contributed by atoms with Crippen LogP contribution in [0.4, 0.5) is 0 Å². The molecule has 0 spiro atoms. The highest BCUT2D eigenvalue weighted by atomic mass is 32.1. The number of H-pyrrole nitrogens is 1. The van der Waals surface area contributed by atoms with Crippen molar-refractivity contribution in [3.63, 3.8) is 0 Å². The van der Waals surface area contributed by atoms with E-state index in [1.165, 1.54) is 16.0 Å². The number of thiophene rings is 1. The number of para-hydroxylation sites is 1. The van der Waals surface area contributed by atoms with Gasteiger partial charge in [-0.25, -0.2) is 0 Å². The average Bonchev–Trinajstić information content (AvgIpc) is 2.96. The van der Waals surface area contributed by atoms with Gasteiger partial charge in [-0.05, 0) is 18.1 Å². The molecule has 22 heavy (non-hydrogen) atoms. The molecular formula is C19H15NOS. The van der Waals surface area contributed by atoms with Gasteiger partial charge in [0.15, 0.2) is 0 Å². The quantitative estimate of drug-likeness (QED) is 0.557. The molecule has 0 fully saturated rings. The molecule has 1 N–H and O–H groups in total. The van der Waals surface area contributed by atoms with Gasteiger partial charge in [-0.3, -0.25) is 4.79 Å². The van der Waals surface area contributed by atoms with E-state index in [9.17, 15) is 4.79 Å². The summed E-state index contributed by atoms with van der Waals surface area (Å²) in [6, 6.07) is 18.4. The average molecular weight is 305 g/mol. The standard InChI is InChI=1S/C19H15NOS/c1-2-15-16(12-8-4-3-5-9-12)17-13-10-6-7-11-14(13)20-19(21)18(17)22-15/h3-11H,2H2,1H3,(H,20,21). The first-order valence-electron chi connectivity index (χ1n) is 7.41. The van der Waals surface area contributed by atoms with Crippen LogP contribution in [0.25, 0.3) is 32.1 Å². The van der Waals surface area contributed by atoms with Crippen LogP contribution in [0.1, 0.15) is 11.8 Å². The van der Waals surface area contributed by atoms with Crippen LogP contribution in [0, 0.1) is 0 Å². The van der Waals surface area contributed by atoms with Crippen molar-refractivity contribution in [1.82, 2.24) is 4.98 Å². The summed E-state index contributed by atoms with van der Waals surface area (Å²) in [5.74, 6) is 0. The van der Waals surface area contributed by atoms with E-state index in [0.29, 0.717) is 0 Å². The number of benzene rings is 2. The number of hydrogen-bond acceptors (Lipinski definition) is 2. The fraction of sp³-hybridized carbons (Fsp3) is 0.105. The molecular weight excluding hydrogens is 290 g/mol. The predicted octanol–water partition coefficient (Wildman–Crippen LogP) is 4.97. The van der Waals surface area contributed by atoms with Crippen molar-refractivity contribution in [3.05, 3.63) is 69.8 Å². The lowest BCUT2D eigenvalue weighted by atomic mass is 9.99. The zero-order chi connectivity index (χ0) is 15.1.